The summed E-state index contributed by atoms with van der Waals surface area (Å²) in [6.45, 7) is 12.7. The molecule has 6 rings (SSSR count). The highest BCUT2D eigenvalue weighted by Crippen LogP contribution is 2.55. The lowest BCUT2D eigenvalue weighted by molar-refractivity contribution is -0.160. The highest BCUT2D eigenvalue weighted by Gasteiger charge is 2.57. The Hall–Kier alpha value is -2.66. The SMILES string of the molecule is Cc1ncnc2c1ccn2[C@@H]1C[C@H](C(SCO)c2cccc3c2CN(C(=O)OC(C)(C)C)CC3)[C@H]2OC(C)(C)O[C@H]21. The Morgan fingerprint density at radius 3 is 2.76 bits per heavy atom. The summed E-state index contributed by atoms with van der Waals surface area (Å²) < 4.78 is 21.1. The molecule has 5 atom stereocenters. The Balaban J connectivity index is 1.37. The van der Waals surface area contributed by atoms with Crippen LogP contribution in [-0.2, 0) is 27.2 Å². The number of nitrogens with zero attached hydrogens (tertiary/aromatic N) is 4. The van der Waals surface area contributed by atoms with Gasteiger partial charge in [-0.05, 0) is 77.1 Å². The molecule has 2 aromatic heterocycles. The number of aliphatic hydroxyl groups excluding tert-OH is 1. The smallest absolute Gasteiger partial charge is 0.410 e. The van der Waals surface area contributed by atoms with Crippen LogP contribution in [0, 0.1) is 12.8 Å². The standard InChI is InChI=1S/C31H40N4O5S/c1-18-20-11-13-35(28(20)33-16-32-18)24-14-22(25-26(24)39-31(5,6)38-25)27(41-17-36)21-9-7-8-19-10-12-34(15-23(19)21)29(37)40-30(2,3)4/h7-9,11,13,16,22,24-27,36H,10,12,14-15,17H2,1-6H3/t22-,24+,25+,26-,27?/m0/s1. The van der Waals surface area contributed by atoms with E-state index in [2.05, 4.69) is 45.0 Å². The first-order valence-corrected chi connectivity index (χ1v) is 15.5. The van der Waals surface area contributed by atoms with Gasteiger partial charge >= 0.3 is 6.09 Å². The zero-order valence-corrected chi connectivity index (χ0v) is 25.5. The topological polar surface area (TPSA) is 98.9 Å². The molecule has 1 unspecified atom stereocenters. The Labute approximate surface area is 245 Å². The molecule has 9 nitrogen and oxygen atoms in total. The van der Waals surface area contributed by atoms with Crippen molar-refractivity contribution < 1.29 is 24.1 Å². The third-order valence-corrected chi connectivity index (χ3v) is 9.57. The number of hydrogen-bond donors (Lipinski definition) is 1. The molecule has 1 aromatic carbocycles. The maximum atomic E-state index is 13.0. The second kappa shape index (κ2) is 10.6. The van der Waals surface area contributed by atoms with Crippen LogP contribution in [-0.4, -0.2) is 66.7 Å². The van der Waals surface area contributed by atoms with Crippen LogP contribution in [0.4, 0.5) is 4.79 Å². The van der Waals surface area contributed by atoms with Crippen LogP contribution in [0.15, 0.2) is 36.8 Å². The number of aromatic nitrogens is 3. The number of hydrogen-bond acceptors (Lipinski definition) is 8. The number of benzene rings is 1. The van der Waals surface area contributed by atoms with Crippen molar-refractivity contribution in [3.05, 3.63) is 59.2 Å². The summed E-state index contributed by atoms with van der Waals surface area (Å²) in [5, 5.41) is 11.3. The maximum Gasteiger partial charge on any atom is 0.410 e. The first kappa shape index (κ1) is 28.5. The molecule has 10 heteroatoms. The molecule has 2 fully saturated rings. The lowest BCUT2D eigenvalue weighted by atomic mass is 9.87. The number of amides is 1. The van der Waals surface area contributed by atoms with E-state index in [9.17, 15) is 9.90 Å². The van der Waals surface area contributed by atoms with Gasteiger partial charge in [0.2, 0.25) is 0 Å². The summed E-state index contributed by atoms with van der Waals surface area (Å²) in [6, 6.07) is 8.49. The van der Waals surface area contributed by atoms with E-state index in [1.165, 1.54) is 17.3 Å². The molecule has 3 aliphatic rings. The third-order valence-electron chi connectivity index (χ3n) is 8.45. The number of carbonyl (C=O) groups is 1. The number of ether oxygens (including phenoxy) is 3. The summed E-state index contributed by atoms with van der Waals surface area (Å²) in [6.07, 6.45) is 4.64. The Morgan fingerprint density at radius 1 is 1.22 bits per heavy atom. The van der Waals surface area contributed by atoms with Gasteiger partial charge < -0.3 is 28.8 Å². The van der Waals surface area contributed by atoms with Crippen molar-refractivity contribution >= 4 is 28.9 Å². The number of rotatable bonds is 5. The van der Waals surface area contributed by atoms with Crippen molar-refractivity contribution in [3.63, 3.8) is 0 Å². The van der Waals surface area contributed by atoms with E-state index in [1.807, 2.05) is 41.5 Å². The molecule has 0 radical (unpaired) electrons. The van der Waals surface area contributed by atoms with Gasteiger partial charge in [0.1, 0.15) is 23.7 Å². The molecular formula is C31H40N4O5S. The molecule has 0 spiro atoms. The molecular weight excluding hydrogens is 540 g/mol. The first-order valence-electron chi connectivity index (χ1n) is 14.4. The summed E-state index contributed by atoms with van der Waals surface area (Å²) in [5.74, 6) is -0.683. The quantitative estimate of drug-likeness (QED) is 0.393. The van der Waals surface area contributed by atoms with Crippen molar-refractivity contribution in [2.75, 3.05) is 12.5 Å². The van der Waals surface area contributed by atoms with Gasteiger partial charge in [0.15, 0.2) is 5.79 Å². The van der Waals surface area contributed by atoms with E-state index in [4.69, 9.17) is 14.2 Å². The molecule has 1 N–H and O–H groups in total. The van der Waals surface area contributed by atoms with Crippen molar-refractivity contribution in [1.82, 2.24) is 19.4 Å². The fourth-order valence-electron chi connectivity index (χ4n) is 6.81. The number of aliphatic hydroxyl groups is 1. The van der Waals surface area contributed by atoms with E-state index in [0.717, 1.165) is 40.7 Å². The van der Waals surface area contributed by atoms with Crippen LogP contribution >= 0.6 is 11.8 Å². The summed E-state index contributed by atoms with van der Waals surface area (Å²) in [4.78, 5) is 23.8. The van der Waals surface area contributed by atoms with Gasteiger partial charge in [-0.1, -0.05) is 18.2 Å². The second-order valence-electron chi connectivity index (χ2n) is 12.8. The van der Waals surface area contributed by atoms with Crippen LogP contribution in [0.3, 0.4) is 0 Å². The van der Waals surface area contributed by atoms with Crippen molar-refractivity contribution in [2.24, 2.45) is 5.92 Å². The zero-order valence-electron chi connectivity index (χ0n) is 24.7. The Bertz CT molecular complexity index is 1450. The van der Waals surface area contributed by atoms with Gasteiger partial charge in [-0.15, -0.1) is 11.8 Å². The fourth-order valence-corrected chi connectivity index (χ4v) is 7.88. The lowest BCUT2D eigenvalue weighted by Crippen LogP contribution is -2.40. The largest absolute Gasteiger partial charge is 0.444 e. The Morgan fingerprint density at radius 2 is 2.00 bits per heavy atom. The van der Waals surface area contributed by atoms with E-state index < -0.39 is 11.4 Å². The minimum absolute atomic E-state index is 0.0122. The monoisotopic (exact) mass is 580 g/mol. The van der Waals surface area contributed by atoms with Gasteiger partial charge in [-0.3, -0.25) is 0 Å². The minimum Gasteiger partial charge on any atom is -0.444 e. The molecule has 2 aliphatic heterocycles. The highest BCUT2D eigenvalue weighted by molar-refractivity contribution is 7.99. The predicted molar refractivity (Wildman–Crippen MR) is 157 cm³/mol. The first-order chi connectivity index (χ1) is 19.5. The van der Waals surface area contributed by atoms with Crippen LogP contribution in [0.5, 0.6) is 0 Å². The van der Waals surface area contributed by atoms with Gasteiger partial charge in [-0.2, -0.15) is 0 Å². The molecule has 1 aliphatic carbocycles. The maximum absolute atomic E-state index is 13.0. The van der Waals surface area contributed by atoms with E-state index in [-0.39, 0.29) is 41.4 Å². The summed E-state index contributed by atoms with van der Waals surface area (Å²) in [7, 11) is 0. The molecule has 4 heterocycles. The molecule has 3 aromatic rings. The number of carbonyl (C=O) groups excluding carboxylic acids is 1. The molecule has 1 saturated carbocycles. The van der Waals surface area contributed by atoms with Gasteiger partial charge in [0.25, 0.3) is 0 Å². The van der Waals surface area contributed by atoms with Gasteiger partial charge in [-0.25, -0.2) is 14.8 Å². The second-order valence-corrected chi connectivity index (χ2v) is 13.9. The Kier molecular flexibility index (Phi) is 7.33. The van der Waals surface area contributed by atoms with Crippen molar-refractivity contribution in [2.45, 2.75) is 95.8 Å². The number of fused-ring (bicyclic) bond motifs is 3. The fraction of sp³-hybridized carbons (Fsp3) is 0.581. The van der Waals surface area contributed by atoms with Crippen LogP contribution < -0.4 is 0 Å². The zero-order chi connectivity index (χ0) is 29.1. The van der Waals surface area contributed by atoms with Gasteiger partial charge in [0, 0.05) is 35.8 Å². The van der Waals surface area contributed by atoms with E-state index in [0.29, 0.717) is 13.1 Å². The average Bonchev–Trinajstić information content (AvgIpc) is 3.57. The lowest BCUT2D eigenvalue weighted by Gasteiger charge is -2.35. The van der Waals surface area contributed by atoms with Gasteiger partial charge in [0.05, 0.1) is 23.8 Å². The minimum atomic E-state index is -0.724. The molecule has 1 saturated heterocycles. The van der Waals surface area contributed by atoms with Crippen LogP contribution in [0.1, 0.15) is 74.7 Å². The molecule has 220 valence electrons. The number of aryl methyl sites for hydroxylation is 1. The summed E-state index contributed by atoms with van der Waals surface area (Å²) in [5.41, 5.74) is 4.81. The normalized spacial score (nSPS) is 26.2. The summed E-state index contributed by atoms with van der Waals surface area (Å²) >= 11 is 1.52. The highest BCUT2D eigenvalue weighted by atomic mass is 32.2. The predicted octanol–water partition coefficient (Wildman–Crippen LogP) is 5.54. The number of thioether (sulfide) groups is 1. The van der Waals surface area contributed by atoms with Crippen LogP contribution in [0.25, 0.3) is 11.0 Å². The molecule has 0 bridgehead atoms. The molecule has 41 heavy (non-hydrogen) atoms. The van der Waals surface area contributed by atoms with E-state index in [1.54, 1.807) is 11.2 Å². The average molecular weight is 581 g/mol. The van der Waals surface area contributed by atoms with E-state index >= 15 is 0 Å². The van der Waals surface area contributed by atoms with Crippen molar-refractivity contribution in [1.29, 1.82) is 0 Å². The molecule has 1 amide bonds. The van der Waals surface area contributed by atoms with Crippen LogP contribution in [0.2, 0.25) is 0 Å². The van der Waals surface area contributed by atoms with Crippen molar-refractivity contribution in [3.8, 4) is 0 Å². The third kappa shape index (κ3) is 5.35.